The summed E-state index contributed by atoms with van der Waals surface area (Å²) >= 11 is 23.5. The summed E-state index contributed by atoms with van der Waals surface area (Å²) in [6, 6.07) is 0. The maximum absolute atomic E-state index is 6.08. The quantitative estimate of drug-likeness (QED) is 0.594. The molecule has 0 aliphatic heterocycles. The molecule has 4 heteroatoms. The lowest BCUT2D eigenvalue weighted by atomic mass is 10.1. The standard InChI is InChI=1S/C7H6Cl4/c1-2-7(11)5(9)3-4(8)6(7)10/h3H,2H2,1H3. The first-order valence-electron chi connectivity index (χ1n) is 3.14. The van der Waals surface area contributed by atoms with Gasteiger partial charge in [-0.05, 0) is 12.5 Å². The molecule has 0 aromatic carbocycles. The molecule has 0 aromatic rings. The normalized spacial score (nSPS) is 31.2. The first kappa shape index (κ1) is 9.73. The van der Waals surface area contributed by atoms with E-state index in [1.165, 1.54) is 0 Å². The van der Waals surface area contributed by atoms with Gasteiger partial charge in [-0.15, -0.1) is 11.6 Å². The van der Waals surface area contributed by atoms with Gasteiger partial charge in [-0.25, -0.2) is 0 Å². The predicted molar refractivity (Wildman–Crippen MR) is 51.5 cm³/mol. The van der Waals surface area contributed by atoms with Crippen LogP contribution in [0.2, 0.25) is 0 Å². The van der Waals surface area contributed by atoms with Gasteiger partial charge in [0, 0.05) is 5.03 Å². The van der Waals surface area contributed by atoms with Crippen LogP contribution < -0.4 is 0 Å². The molecule has 0 N–H and O–H groups in total. The Morgan fingerprint density at radius 1 is 1.36 bits per heavy atom. The molecule has 0 amide bonds. The van der Waals surface area contributed by atoms with Crippen molar-refractivity contribution < 1.29 is 0 Å². The monoisotopic (exact) mass is 230 g/mol. The van der Waals surface area contributed by atoms with Gasteiger partial charge in [0.05, 0.1) is 10.1 Å². The Balaban J connectivity index is 3.09. The zero-order valence-electron chi connectivity index (χ0n) is 5.80. The summed E-state index contributed by atoms with van der Waals surface area (Å²) in [4.78, 5) is -0.764. The Morgan fingerprint density at radius 2 is 1.91 bits per heavy atom. The number of rotatable bonds is 1. The molecular formula is C7H6Cl4. The summed E-state index contributed by atoms with van der Waals surface area (Å²) in [6.07, 6.45) is 2.22. The van der Waals surface area contributed by atoms with Gasteiger partial charge in [0.25, 0.3) is 0 Å². The molecule has 0 nitrogen and oxygen atoms in total. The molecule has 1 atom stereocenters. The van der Waals surface area contributed by atoms with Gasteiger partial charge in [0.15, 0.2) is 0 Å². The van der Waals surface area contributed by atoms with Crippen molar-refractivity contribution in [2.24, 2.45) is 0 Å². The Hall–Kier alpha value is 0.640. The summed E-state index contributed by atoms with van der Waals surface area (Å²) in [5.41, 5.74) is 0. The van der Waals surface area contributed by atoms with Gasteiger partial charge >= 0.3 is 0 Å². The van der Waals surface area contributed by atoms with Crippen LogP contribution in [0, 0.1) is 0 Å². The van der Waals surface area contributed by atoms with Crippen molar-refractivity contribution in [2.45, 2.75) is 18.2 Å². The number of halogens is 4. The van der Waals surface area contributed by atoms with Crippen LogP contribution in [0.1, 0.15) is 13.3 Å². The van der Waals surface area contributed by atoms with Crippen molar-refractivity contribution in [3.63, 3.8) is 0 Å². The van der Waals surface area contributed by atoms with E-state index >= 15 is 0 Å². The summed E-state index contributed by atoms with van der Waals surface area (Å²) < 4.78 is 0. The maximum Gasteiger partial charge on any atom is 0.117 e. The molecule has 62 valence electrons. The molecule has 0 radical (unpaired) electrons. The lowest BCUT2D eigenvalue weighted by molar-refractivity contribution is 0.799. The van der Waals surface area contributed by atoms with Crippen LogP contribution in [0.25, 0.3) is 0 Å². The predicted octanol–water partition coefficient (Wildman–Crippen LogP) is 4.20. The minimum Gasteiger partial charge on any atom is -0.107 e. The third-order valence-corrected chi connectivity index (χ3v) is 3.88. The first-order chi connectivity index (χ1) is 5.02. The molecule has 1 unspecified atom stereocenters. The van der Waals surface area contributed by atoms with E-state index in [9.17, 15) is 0 Å². The SMILES string of the molecule is CCC1(Cl)C(Cl)=CC(Cl)=C1Cl. The van der Waals surface area contributed by atoms with Gasteiger partial charge in [-0.2, -0.15) is 0 Å². The molecule has 1 aliphatic carbocycles. The summed E-state index contributed by atoms with van der Waals surface area (Å²) in [7, 11) is 0. The topological polar surface area (TPSA) is 0 Å². The van der Waals surface area contributed by atoms with Crippen LogP contribution >= 0.6 is 46.4 Å². The van der Waals surface area contributed by atoms with Crippen molar-refractivity contribution in [1.82, 2.24) is 0 Å². The van der Waals surface area contributed by atoms with E-state index < -0.39 is 4.87 Å². The second-order valence-electron chi connectivity index (χ2n) is 2.31. The van der Waals surface area contributed by atoms with Crippen molar-refractivity contribution in [3.05, 3.63) is 21.2 Å². The third-order valence-electron chi connectivity index (χ3n) is 1.68. The second-order valence-corrected chi connectivity index (χ2v) is 4.15. The average Bonchev–Trinajstić information content (AvgIpc) is 2.16. The van der Waals surface area contributed by atoms with Gasteiger partial charge < -0.3 is 0 Å². The molecule has 0 fully saturated rings. The molecule has 0 spiro atoms. The Bertz CT molecular complexity index is 241. The second kappa shape index (κ2) is 3.18. The van der Waals surface area contributed by atoms with Crippen LogP contribution in [0.5, 0.6) is 0 Å². The van der Waals surface area contributed by atoms with Crippen LogP contribution in [-0.2, 0) is 0 Å². The lowest BCUT2D eigenvalue weighted by Gasteiger charge is -2.19. The minimum atomic E-state index is -0.764. The van der Waals surface area contributed by atoms with Crippen LogP contribution in [0.4, 0.5) is 0 Å². The smallest absolute Gasteiger partial charge is 0.107 e. The number of hydrogen-bond acceptors (Lipinski definition) is 0. The zero-order valence-corrected chi connectivity index (χ0v) is 8.82. The van der Waals surface area contributed by atoms with Crippen LogP contribution in [0.3, 0.4) is 0 Å². The average molecular weight is 232 g/mol. The zero-order chi connectivity index (χ0) is 8.65. The molecule has 11 heavy (non-hydrogen) atoms. The summed E-state index contributed by atoms with van der Waals surface area (Å²) in [5.74, 6) is 0. The molecule has 0 saturated heterocycles. The van der Waals surface area contributed by atoms with E-state index in [2.05, 4.69) is 0 Å². The van der Waals surface area contributed by atoms with Crippen molar-refractivity contribution in [2.75, 3.05) is 0 Å². The Morgan fingerprint density at radius 3 is 2.09 bits per heavy atom. The van der Waals surface area contributed by atoms with Gasteiger partial charge in [-0.1, -0.05) is 41.7 Å². The minimum absolute atomic E-state index is 0.424. The van der Waals surface area contributed by atoms with E-state index in [4.69, 9.17) is 46.4 Å². The molecule has 0 heterocycles. The molecule has 0 saturated carbocycles. The lowest BCUT2D eigenvalue weighted by Crippen LogP contribution is -2.18. The highest BCUT2D eigenvalue weighted by Crippen LogP contribution is 2.48. The van der Waals surface area contributed by atoms with Crippen molar-refractivity contribution >= 4 is 46.4 Å². The maximum atomic E-state index is 6.08. The fraction of sp³-hybridized carbons (Fsp3) is 0.429. The summed E-state index contributed by atoms with van der Waals surface area (Å²) in [6.45, 7) is 1.90. The van der Waals surface area contributed by atoms with Gasteiger partial charge in [-0.3, -0.25) is 0 Å². The van der Waals surface area contributed by atoms with Gasteiger partial charge in [0.2, 0.25) is 0 Å². The number of alkyl halides is 1. The molecule has 1 rings (SSSR count). The third kappa shape index (κ3) is 1.42. The Kier molecular flexibility index (Phi) is 2.81. The van der Waals surface area contributed by atoms with E-state index in [0.717, 1.165) is 0 Å². The summed E-state index contributed by atoms with van der Waals surface area (Å²) in [5, 5.41) is 1.36. The molecule has 1 aliphatic rings. The fourth-order valence-corrected chi connectivity index (χ4v) is 2.11. The Labute approximate surface area is 85.8 Å². The van der Waals surface area contributed by atoms with E-state index in [1.807, 2.05) is 6.92 Å². The fourth-order valence-electron chi connectivity index (χ4n) is 0.907. The first-order valence-corrected chi connectivity index (χ1v) is 4.66. The van der Waals surface area contributed by atoms with Crippen LogP contribution in [0.15, 0.2) is 21.2 Å². The van der Waals surface area contributed by atoms with Crippen molar-refractivity contribution in [1.29, 1.82) is 0 Å². The van der Waals surface area contributed by atoms with E-state index in [0.29, 0.717) is 21.5 Å². The molecule has 0 aromatic heterocycles. The van der Waals surface area contributed by atoms with Crippen molar-refractivity contribution in [3.8, 4) is 0 Å². The molecular weight excluding hydrogens is 226 g/mol. The highest BCUT2D eigenvalue weighted by Gasteiger charge is 2.38. The largest absolute Gasteiger partial charge is 0.117 e. The number of hydrogen-bond donors (Lipinski definition) is 0. The van der Waals surface area contributed by atoms with E-state index in [1.54, 1.807) is 6.08 Å². The van der Waals surface area contributed by atoms with Gasteiger partial charge in [0.1, 0.15) is 4.87 Å². The van der Waals surface area contributed by atoms with E-state index in [-0.39, 0.29) is 0 Å². The number of allylic oxidation sites excluding steroid dienone is 4. The molecule has 0 bridgehead atoms. The highest BCUT2D eigenvalue weighted by molar-refractivity contribution is 6.52. The highest BCUT2D eigenvalue weighted by atomic mass is 35.5. The van der Waals surface area contributed by atoms with Crippen LogP contribution in [-0.4, -0.2) is 4.87 Å².